The number of hydrogen-bond acceptors (Lipinski definition) is 3. The average molecular weight is 321 g/mol. The van der Waals surface area contributed by atoms with Crippen molar-refractivity contribution in [3.63, 3.8) is 0 Å². The molecule has 0 aliphatic carbocycles. The first-order chi connectivity index (χ1) is 10.9. The molecule has 1 aliphatic rings. The highest BCUT2D eigenvalue weighted by Gasteiger charge is 2.20. The topological polar surface area (TPSA) is 51.3 Å². The number of benzene rings is 1. The molecule has 1 aliphatic heterocycles. The number of allylic oxidation sites excluding steroid dienone is 1. The summed E-state index contributed by atoms with van der Waals surface area (Å²) in [6, 6.07) is 4.98. The summed E-state index contributed by atoms with van der Waals surface area (Å²) in [5, 5.41) is 0. The van der Waals surface area contributed by atoms with Crippen LogP contribution in [0.5, 0.6) is 0 Å². The van der Waals surface area contributed by atoms with E-state index in [1.807, 2.05) is 0 Å². The third-order valence-corrected chi connectivity index (χ3v) is 3.29. The molecule has 2 aromatic rings. The van der Waals surface area contributed by atoms with Gasteiger partial charge in [-0.1, -0.05) is 0 Å². The number of nitrogens with two attached hydrogens (primary N) is 1. The zero-order chi connectivity index (χ0) is 16.6. The first-order valence-corrected chi connectivity index (χ1v) is 6.72. The molecule has 1 aromatic heterocycles. The minimum absolute atomic E-state index is 0.0602. The number of rotatable bonds is 2. The second-order valence-corrected chi connectivity index (χ2v) is 5.05. The molecule has 1 unspecified atom stereocenters. The molecule has 23 heavy (non-hydrogen) atoms. The van der Waals surface area contributed by atoms with Crippen molar-refractivity contribution >= 4 is 11.4 Å². The Kier molecular flexibility index (Phi) is 3.85. The van der Waals surface area contributed by atoms with E-state index in [1.54, 1.807) is 0 Å². The van der Waals surface area contributed by atoms with Crippen molar-refractivity contribution in [2.24, 2.45) is 4.99 Å². The van der Waals surface area contributed by atoms with Crippen LogP contribution in [0.2, 0.25) is 0 Å². The van der Waals surface area contributed by atoms with E-state index in [0.29, 0.717) is 6.07 Å². The highest BCUT2D eigenvalue weighted by atomic mass is 19.1. The molecule has 0 fully saturated rings. The predicted octanol–water partition coefficient (Wildman–Crippen LogP) is 3.60. The second kappa shape index (κ2) is 5.83. The molecule has 0 radical (unpaired) electrons. The Bertz CT molecular complexity index is 830. The van der Waals surface area contributed by atoms with Crippen molar-refractivity contribution in [1.29, 1.82) is 0 Å². The zero-order valence-electron chi connectivity index (χ0n) is 11.7. The van der Waals surface area contributed by atoms with Crippen LogP contribution in [0.25, 0.3) is 11.3 Å². The molecular weight excluding hydrogens is 310 g/mol. The normalized spacial score (nSPS) is 17.7. The molecule has 0 spiro atoms. The molecule has 0 amide bonds. The lowest BCUT2D eigenvalue weighted by Crippen LogP contribution is -2.15. The van der Waals surface area contributed by atoms with E-state index in [4.69, 9.17) is 5.73 Å². The minimum atomic E-state index is -1.48. The summed E-state index contributed by atoms with van der Waals surface area (Å²) in [5.74, 6) is -2.49. The number of hydrogen-bond donors (Lipinski definition) is 1. The summed E-state index contributed by atoms with van der Waals surface area (Å²) in [6.07, 6.45) is 0.214. The largest absolute Gasteiger partial charge is 0.399 e. The number of aromatic nitrogens is 1. The van der Waals surface area contributed by atoms with E-state index in [-0.39, 0.29) is 34.8 Å². The Labute approximate surface area is 129 Å². The van der Waals surface area contributed by atoms with Gasteiger partial charge in [-0.15, -0.1) is 0 Å². The van der Waals surface area contributed by atoms with Crippen LogP contribution in [0.3, 0.4) is 0 Å². The quantitative estimate of drug-likeness (QED) is 0.679. The number of pyridine rings is 1. The Hall–Kier alpha value is -2.70. The fraction of sp³-hybridized carbons (Fsp3) is 0.125. The Morgan fingerprint density at radius 3 is 2.48 bits per heavy atom. The summed E-state index contributed by atoms with van der Waals surface area (Å²) in [6.45, 7) is -0.198. The molecule has 0 saturated heterocycles. The molecule has 0 bridgehead atoms. The molecule has 2 N–H and O–H groups in total. The van der Waals surface area contributed by atoms with E-state index >= 15 is 0 Å². The molecule has 1 aromatic carbocycles. The van der Waals surface area contributed by atoms with Gasteiger partial charge in [0.05, 0.1) is 12.7 Å². The fourth-order valence-electron chi connectivity index (χ4n) is 2.33. The highest BCUT2D eigenvalue weighted by molar-refractivity contribution is 6.12. The summed E-state index contributed by atoms with van der Waals surface area (Å²) < 4.78 is 53.8. The van der Waals surface area contributed by atoms with E-state index in [2.05, 4.69) is 9.98 Å². The maximum absolute atomic E-state index is 13.9. The van der Waals surface area contributed by atoms with Crippen molar-refractivity contribution in [3.8, 4) is 11.3 Å². The van der Waals surface area contributed by atoms with Gasteiger partial charge in [-0.3, -0.25) is 9.98 Å². The fourth-order valence-corrected chi connectivity index (χ4v) is 2.33. The molecule has 2 heterocycles. The standard InChI is InChI=1S/C16H11F4N3/c17-10-4-13(19)15(22-6-10)8-1-9(3-12(21)2-8)16-14(20)5-11(18)7-23-16/h1-6,11H,7,21H2. The number of anilines is 1. The van der Waals surface area contributed by atoms with Crippen molar-refractivity contribution in [3.05, 3.63) is 59.6 Å². The van der Waals surface area contributed by atoms with E-state index in [0.717, 1.165) is 12.3 Å². The van der Waals surface area contributed by atoms with Gasteiger partial charge >= 0.3 is 0 Å². The Morgan fingerprint density at radius 2 is 1.78 bits per heavy atom. The lowest BCUT2D eigenvalue weighted by Gasteiger charge is -2.13. The third kappa shape index (κ3) is 3.08. The first-order valence-electron chi connectivity index (χ1n) is 6.72. The number of nitrogen functional groups attached to an aromatic ring is 1. The smallest absolute Gasteiger partial charge is 0.152 e. The summed E-state index contributed by atoms with van der Waals surface area (Å²) in [4.78, 5) is 7.54. The van der Waals surface area contributed by atoms with Crippen LogP contribution in [0, 0.1) is 11.6 Å². The van der Waals surface area contributed by atoms with Gasteiger partial charge in [-0.2, -0.15) is 0 Å². The predicted molar refractivity (Wildman–Crippen MR) is 79.5 cm³/mol. The van der Waals surface area contributed by atoms with Crippen LogP contribution >= 0.6 is 0 Å². The van der Waals surface area contributed by atoms with Gasteiger partial charge in [0.15, 0.2) is 5.82 Å². The molecule has 0 saturated carbocycles. The minimum Gasteiger partial charge on any atom is -0.399 e. The Balaban J connectivity index is 2.08. The lowest BCUT2D eigenvalue weighted by molar-refractivity contribution is 0.399. The molecule has 1 atom stereocenters. The monoisotopic (exact) mass is 321 g/mol. The van der Waals surface area contributed by atoms with Gasteiger partial charge in [-0.25, -0.2) is 17.6 Å². The van der Waals surface area contributed by atoms with Gasteiger partial charge < -0.3 is 5.73 Å². The van der Waals surface area contributed by atoms with Crippen LogP contribution in [0.4, 0.5) is 23.2 Å². The van der Waals surface area contributed by atoms with Crippen LogP contribution in [-0.4, -0.2) is 23.4 Å². The number of dihydropyridines is 1. The lowest BCUT2D eigenvalue weighted by atomic mass is 10.0. The maximum Gasteiger partial charge on any atom is 0.152 e. The molecule has 118 valence electrons. The van der Waals surface area contributed by atoms with Crippen molar-refractivity contribution < 1.29 is 17.6 Å². The highest BCUT2D eigenvalue weighted by Crippen LogP contribution is 2.27. The maximum atomic E-state index is 13.9. The number of aliphatic imine (C=N–C) groups is 1. The van der Waals surface area contributed by atoms with Gasteiger partial charge in [0.25, 0.3) is 0 Å². The summed E-state index contributed by atoms with van der Waals surface area (Å²) in [5.41, 5.74) is 6.32. The second-order valence-electron chi connectivity index (χ2n) is 5.05. The number of alkyl halides is 1. The van der Waals surface area contributed by atoms with Gasteiger partial charge in [0.1, 0.15) is 29.2 Å². The first kappa shape index (κ1) is 15.2. The summed E-state index contributed by atoms with van der Waals surface area (Å²) >= 11 is 0. The average Bonchev–Trinajstić information content (AvgIpc) is 2.46. The Morgan fingerprint density at radius 1 is 1.04 bits per heavy atom. The summed E-state index contributed by atoms with van der Waals surface area (Å²) in [7, 11) is 0. The SMILES string of the molecule is Nc1cc(C2=NCC(F)C=C2F)cc(-c2ncc(F)cc2F)c1. The molecule has 7 heteroatoms. The van der Waals surface area contributed by atoms with E-state index in [9.17, 15) is 17.6 Å². The van der Waals surface area contributed by atoms with Gasteiger partial charge in [0, 0.05) is 22.9 Å². The number of halogens is 4. The van der Waals surface area contributed by atoms with E-state index < -0.39 is 23.6 Å². The molecule has 3 nitrogen and oxygen atoms in total. The number of nitrogens with zero attached hydrogens (tertiary/aromatic N) is 2. The zero-order valence-corrected chi connectivity index (χ0v) is 11.7. The molecule has 3 rings (SSSR count). The van der Waals surface area contributed by atoms with Gasteiger partial charge in [-0.05, 0) is 24.3 Å². The van der Waals surface area contributed by atoms with Crippen LogP contribution in [0.15, 0.2) is 47.4 Å². The van der Waals surface area contributed by atoms with Crippen LogP contribution in [0.1, 0.15) is 5.56 Å². The third-order valence-electron chi connectivity index (χ3n) is 3.29. The van der Waals surface area contributed by atoms with Crippen LogP contribution < -0.4 is 5.73 Å². The van der Waals surface area contributed by atoms with Crippen LogP contribution in [-0.2, 0) is 0 Å². The van der Waals surface area contributed by atoms with E-state index in [1.165, 1.54) is 18.2 Å². The van der Waals surface area contributed by atoms with Crippen molar-refractivity contribution in [2.45, 2.75) is 6.17 Å². The van der Waals surface area contributed by atoms with Crippen molar-refractivity contribution in [1.82, 2.24) is 4.98 Å². The molecular formula is C16H11F4N3. The van der Waals surface area contributed by atoms with Gasteiger partial charge in [0.2, 0.25) is 0 Å². The van der Waals surface area contributed by atoms with Crippen molar-refractivity contribution in [2.75, 3.05) is 12.3 Å².